The van der Waals surface area contributed by atoms with Crippen LogP contribution in [-0.4, -0.2) is 34.4 Å². The molecular formula is C14H14N2O4. The quantitative estimate of drug-likeness (QED) is 0.656. The van der Waals surface area contributed by atoms with Crippen molar-refractivity contribution >= 4 is 28.9 Å². The van der Waals surface area contributed by atoms with Gasteiger partial charge >= 0.3 is 11.9 Å². The van der Waals surface area contributed by atoms with Gasteiger partial charge < -0.3 is 9.84 Å². The van der Waals surface area contributed by atoms with E-state index in [2.05, 4.69) is 14.9 Å². The molecule has 0 radical (unpaired) electrons. The van der Waals surface area contributed by atoms with E-state index >= 15 is 0 Å². The molecule has 0 spiro atoms. The molecule has 0 saturated carbocycles. The number of aromatic nitrogens is 2. The van der Waals surface area contributed by atoms with Crippen molar-refractivity contribution in [3.63, 3.8) is 0 Å². The van der Waals surface area contributed by atoms with Gasteiger partial charge in [-0.3, -0.25) is 9.89 Å². The second kappa shape index (κ2) is 5.56. The molecule has 20 heavy (non-hydrogen) atoms. The number of rotatable bonds is 4. The Hall–Kier alpha value is -2.63. The number of aromatic amines is 1. The zero-order chi connectivity index (χ0) is 14.7. The summed E-state index contributed by atoms with van der Waals surface area (Å²) in [5, 5.41) is 16.6. The number of aliphatic carboxylic acids is 1. The van der Waals surface area contributed by atoms with Crippen LogP contribution < -0.4 is 0 Å². The van der Waals surface area contributed by atoms with E-state index < -0.39 is 11.9 Å². The fraction of sp³-hybridized carbons (Fsp3) is 0.214. The lowest BCUT2D eigenvalue weighted by Gasteiger charge is -2.04. The number of esters is 1. The van der Waals surface area contributed by atoms with Crippen LogP contribution >= 0.6 is 0 Å². The number of ether oxygens (including phenoxy) is 1. The van der Waals surface area contributed by atoms with Gasteiger partial charge in [-0.15, -0.1) is 0 Å². The summed E-state index contributed by atoms with van der Waals surface area (Å²) in [7, 11) is 1.22. The molecular weight excluding hydrogens is 260 g/mol. The number of carbonyl (C=O) groups excluding carboxylic acids is 1. The van der Waals surface area contributed by atoms with Crippen LogP contribution in [0, 0.1) is 6.92 Å². The molecule has 6 nitrogen and oxygen atoms in total. The number of carboxylic acids is 1. The number of carboxylic acid groups (broad SMARTS) is 1. The van der Waals surface area contributed by atoms with Gasteiger partial charge in [-0.05, 0) is 36.3 Å². The summed E-state index contributed by atoms with van der Waals surface area (Å²) >= 11 is 0. The Morgan fingerprint density at radius 2 is 2.20 bits per heavy atom. The topological polar surface area (TPSA) is 92.3 Å². The van der Waals surface area contributed by atoms with Gasteiger partial charge in [0.15, 0.2) is 0 Å². The molecule has 0 amide bonds. The number of hydrogen-bond acceptors (Lipinski definition) is 4. The summed E-state index contributed by atoms with van der Waals surface area (Å²) in [6.45, 7) is 1.91. The molecule has 0 aliphatic carbocycles. The van der Waals surface area contributed by atoms with E-state index in [9.17, 15) is 9.59 Å². The lowest BCUT2D eigenvalue weighted by Crippen LogP contribution is -2.09. The highest BCUT2D eigenvalue weighted by atomic mass is 16.5. The van der Waals surface area contributed by atoms with E-state index in [-0.39, 0.29) is 12.0 Å². The zero-order valence-electron chi connectivity index (χ0n) is 11.1. The molecule has 104 valence electrons. The van der Waals surface area contributed by atoms with E-state index in [1.54, 1.807) is 6.20 Å². The molecule has 2 N–H and O–H groups in total. The van der Waals surface area contributed by atoms with Crippen LogP contribution in [0.5, 0.6) is 0 Å². The molecule has 0 unspecified atom stereocenters. The van der Waals surface area contributed by atoms with Gasteiger partial charge in [0.25, 0.3) is 0 Å². The molecule has 0 aliphatic rings. The number of benzene rings is 1. The first-order valence-electron chi connectivity index (χ1n) is 5.95. The highest BCUT2D eigenvalue weighted by molar-refractivity contribution is 5.98. The Balaban J connectivity index is 2.46. The summed E-state index contributed by atoms with van der Waals surface area (Å²) in [4.78, 5) is 22.4. The number of H-pyrrole nitrogens is 1. The van der Waals surface area contributed by atoms with Crippen LogP contribution in [0.4, 0.5) is 0 Å². The van der Waals surface area contributed by atoms with Gasteiger partial charge in [-0.2, -0.15) is 5.10 Å². The monoisotopic (exact) mass is 274 g/mol. The summed E-state index contributed by atoms with van der Waals surface area (Å²) < 4.78 is 4.60. The van der Waals surface area contributed by atoms with Gasteiger partial charge in [0.05, 0.1) is 25.2 Å². The fourth-order valence-electron chi connectivity index (χ4n) is 2.02. The number of fused-ring (bicyclic) bond motifs is 1. The van der Waals surface area contributed by atoms with Crippen molar-refractivity contribution in [3.05, 3.63) is 35.0 Å². The van der Waals surface area contributed by atoms with Crippen LogP contribution in [-0.2, 0) is 14.3 Å². The van der Waals surface area contributed by atoms with Crippen molar-refractivity contribution < 1.29 is 19.4 Å². The minimum atomic E-state index is -1.08. The number of nitrogens with one attached hydrogen (secondary N) is 1. The zero-order valence-corrected chi connectivity index (χ0v) is 11.1. The third kappa shape index (κ3) is 2.85. The fourth-order valence-corrected chi connectivity index (χ4v) is 2.02. The third-order valence-corrected chi connectivity index (χ3v) is 2.90. The molecule has 6 heteroatoms. The van der Waals surface area contributed by atoms with E-state index in [0.29, 0.717) is 0 Å². The van der Waals surface area contributed by atoms with Gasteiger partial charge in [-0.25, -0.2) is 4.79 Å². The van der Waals surface area contributed by atoms with Crippen LogP contribution in [0.15, 0.2) is 23.9 Å². The van der Waals surface area contributed by atoms with Crippen molar-refractivity contribution in [2.45, 2.75) is 13.3 Å². The second-order valence-corrected chi connectivity index (χ2v) is 4.40. The molecule has 0 saturated heterocycles. The number of carbonyl (C=O) groups is 2. The maximum absolute atomic E-state index is 11.6. The van der Waals surface area contributed by atoms with E-state index in [0.717, 1.165) is 22.0 Å². The Labute approximate surface area is 115 Å². The first kappa shape index (κ1) is 13.8. The van der Waals surface area contributed by atoms with Crippen LogP contribution in [0.3, 0.4) is 0 Å². The average Bonchev–Trinajstić information content (AvgIpc) is 2.85. The predicted octanol–water partition coefficient (Wildman–Crippen LogP) is 1.90. The van der Waals surface area contributed by atoms with Crippen molar-refractivity contribution in [2.24, 2.45) is 0 Å². The Morgan fingerprint density at radius 1 is 1.45 bits per heavy atom. The van der Waals surface area contributed by atoms with Crippen molar-refractivity contribution in [1.82, 2.24) is 10.2 Å². The highest BCUT2D eigenvalue weighted by Crippen LogP contribution is 2.21. The molecule has 0 aliphatic heterocycles. The summed E-state index contributed by atoms with van der Waals surface area (Å²) in [5.74, 6) is -1.72. The largest absolute Gasteiger partial charge is 0.481 e. The van der Waals surface area contributed by atoms with E-state index in [1.807, 2.05) is 19.1 Å². The lowest BCUT2D eigenvalue weighted by atomic mass is 10.0. The molecule has 2 aromatic rings. The van der Waals surface area contributed by atoms with Gasteiger partial charge in [0.1, 0.15) is 0 Å². The molecule has 0 bridgehead atoms. The minimum absolute atomic E-state index is 0.0993. The Bertz CT molecular complexity index is 700. The van der Waals surface area contributed by atoms with E-state index in [1.165, 1.54) is 13.2 Å². The summed E-state index contributed by atoms with van der Waals surface area (Å²) in [5.41, 5.74) is 2.71. The van der Waals surface area contributed by atoms with Crippen molar-refractivity contribution in [1.29, 1.82) is 0 Å². The first-order valence-corrected chi connectivity index (χ1v) is 5.95. The third-order valence-electron chi connectivity index (χ3n) is 2.90. The van der Waals surface area contributed by atoms with Crippen molar-refractivity contribution in [3.8, 4) is 0 Å². The maximum Gasteiger partial charge on any atom is 0.334 e. The van der Waals surface area contributed by atoms with Gasteiger partial charge in [0.2, 0.25) is 0 Å². The first-order chi connectivity index (χ1) is 9.51. The highest BCUT2D eigenvalue weighted by Gasteiger charge is 2.14. The van der Waals surface area contributed by atoms with Gasteiger partial charge in [0, 0.05) is 11.0 Å². The Morgan fingerprint density at radius 3 is 2.85 bits per heavy atom. The number of nitrogens with zero attached hydrogens (tertiary/aromatic N) is 1. The lowest BCUT2D eigenvalue weighted by molar-refractivity contribution is -0.141. The minimum Gasteiger partial charge on any atom is -0.481 e. The normalized spacial score (nSPS) is 11.6. The number of aryl methyl sites for hydroxylation is 1. The van der Waals surface area contributed by atoms with Crippen LogP contribution in [0.2, 0.25) is 0 Å². The molecule has 1 aromatic carbocycles. The number of methoxy groups -OCH3 is 1. The van der Waals surface area contributed by atoms with Crippen molar-refractivity contribution in [2.75, 3.05) is 7.11 Å². The Kier molecular flexibility index (Phi) is 3.84. The molecule has 0 atom stereocenters. The number of hydrogen-bond donors (Lipinski definition) is 2. The SMILES string of the molecule is COC(=O)C(=Cc1cc(C)c2[nH]ncc2c1)CC(=O)O. The van der Waals surface area contributed by atoms with Crippen LogP contribution in [0.25, 0.3) is 17.0 Å². The van der Waals surface area contributed by atoms with Crippen LogP contribution in [0.1, 0.15) is 17.5 Å². The maximum atomic E-state index is 11.6. The molecule has 1 aromatic heterocycles. The van der Waals surface area contributed by atoms with E-state index in [4.69, 9.17) is 5.11 Å². The summed E-state index contributed by atoms with van der Waals surface area (Å²) in [6.07, 6.45) is 2.82. The summed E-state index contributed by atoms with van der Waals surface area (Å²) in [6, 6.07) is 3.68. The average molecular weight is 274 g/mol. The smallest absolute Gasteiger partial charge is 0.334 e. The van der Waals surface area contributed by atoms with Gasteiger partial charge in [-0.1, -0.05) is 0 Å². The molecule has 2 rings (SSSR count). The molecule has 0 fully saturated rings. The second-order valence-electron chi connectivity index (χ2n) is 4.40. The molecule has 1 heterocycles. The predicted molar refractivity (Wildman–Crippen MR) is 73.1 cm³/mol. The standard InChI is InChI=1S/C14H14N2O4/c1-8-3-9(5-11-7-15-16-13(8)11)4-10(6-12(17)18)14(19)20-2/h3-5,7H,6H2,1-2H3,(H,15,16)(H,17,18).